The fourth-order valence-corrected chi connectivity index (χ4v) is 4.23. The first-order chi connectivity index (χ1) is 13.2. The van der Waals surface area contributed by atoms with Crippen LogP contribution in [0.25, 0.3) is 0 Å². The van der Waals surface area contributed by atoms with Gasteiger partial charge in [-0.15, -0.1) is 0 Å². The van der Waals surface area contributed by atoms with E-state index in [2.05, 4.69) is 4.98 Å². The number of aliphatic carboxylic acids is 1. The highest BCUT2D eigenvalue weighted by molar-refractivity contribution is 5.80. The van der Waals surface area contributed by atoms with Crippen LogP contribution < -0.4 is 0 Å². The predicted molar refractivity (Wildman–Crippen MR) is 100 cm³/mol. The van der Waals surface area contributed by atoms with E-state index >= 15 is 0 Å². The molecule has 2 atom stereocenters. The number of carboxylic acids is 1. The molecule has 0 amide bonds. The average molecular weight is 392 g/mol. The van der Waals surface area contributed by atoms with Crippen molar-refractivity contribution >= 4 is 5.97 Å². The van der Waals surface area contributed by atoms with Gasteiger partial charge in [0.15, 0.2) is 5.60 Å². The Hall–Kier alpha value is -2.28. The molecule has 2 N–H and O–H groups in total. The summed E-state index contributed by atoms with van der Waals surface area (Å²) in [5.41, 5.74) is -1.41. The molecule has 0 aliphatic heterocycles. The van der Waals surface area contributed by atoms with Crippen LogP contribution in [0.15, 0.2) is 36.7 Å². The lowest BCUT2D eigenvalue weighted by Crippen LogP contribution is -2.47. The summed E-state index contributed by atoms with van der Waals surface area (Å²) in [7, 11) is 0. The number of carbonyl (C=O) groups is 1. The molecule has 28 heavy (non-hydrogen) atoms. The van der Waals surface area contributed by atoms with Crippen LogP contribution in [0.1, 0.15) is 49.1 Å². The summed E-state index contributed by atoms with van der Waals surface area (Å²) in [5, 5.41) is 21.0. The molecule has 1 aromatic heterocycles. The van der Waals surface area contributed by atoms with Gasteiger partial charge in [-0.05, 0) is 43.7 Å². The van der Waals surface area contributed by atoms with Gasteiger partial charge in [0, 0.05) is 37.7 Å². The Morgan fingerprint density at radius 3 is 2.79 bits per heavy atom. The van der Waals surface area contributed by atoms with Crippen molar-refractivity contribution in [2.45, 2.75) is 63.5 Å². The number of imidazole rings is 1. The van der Waals surface area contributed by atoms with E-state index in [0.29, 0.717) is 24.9 Å². The molecule has 1 aliphatic rings. The van der Waals surface area contributed by atoms with Gasteiger partial charge < -0.3 is 14.8 Å². The zero-order valence-electron chi connectivity index (χ0n) is 15.9. The number of hydrogen-bond acceptors (Lipinski definition) is 3. The minimum absolute atomic E-state index is 0.204. The van der Waals surface area contributed by atoms with E-state index in [0.717, 1.165) is 5.82 Å². The Balaban J connectivity index is 1.85. The van der Waals surface area contributed by atoms with Crippen molar-refractivity contribution in [3.8, 4) is 0 Å². The van der Waals surface area contributed by atoms with Crippen LogP contribution in [0.4, 0.5) is 8.78 Å². The van der Waals surface area contributed by atoms with E-state index in [4.69, 9.17) is 0 Å². The third-order valence-electron chi connectivity index (χ3n) is 5.75. The molecule has 1 aromatic carbocycles. The van der Waals surface area contributed by atoms with Crippen LogP contribution in [0.5, 0.6) is 0 Å². The van der Waals surface area contributed by atoms with Gasteiger partial charge in [0.05, 0.1) is 0 Å². The van der Waals surface area contributed by atoms with Crippen LogP contribution in [-0.2, 0) is 23.4 Å². The van der Waals surface area contributed by atoms with Gasteiger partial charge in [-0.2, -0.15) is 0 Å². The zero-order valence-corrected chi connectivity index (χ0v) is 15.9. The summed E-state index contributed by atoms with van der Waals surface area (Å²) in [6, 6.07) is 6.75. The molecule has 2 aromatic rings. The van der Waals surface area contributed by atoms with Gasteiger partial charge >= 0.3 is 5.97 Å². The predicted octanol–water partition coefficient (Wildman–Crippen LogP) is 3.92. The van der Waals surface area contributed by atoms with E-state index < -0.39 is 29.8 Å². The molecule has 3 rings (SSSR count). The summed E-state index contributed by atoms with van der Waals surface area (Å²) >= 11 is 0. The fourth-order valence-electron chi connectivity index (χ4n) is 4.23. The Morgan fingerprint density at radius 2 is 2.14 bits per heavy atom. The van der Waals surface area contributed by atoms with Crippen molar-refractivity contribution in [2.75, 3.05) is 0 Å². The standard InChI is InChI=1S/C21H26F2N2O3/c1-15-24-11-13-25(15)12-5-7-16-6-2-3-9-18(16)21(28,19(26)27)17-8-4-10-20(22,23)14-17/h2-3,6,9,11,13,17,28H,4-5,7-8,10,12,14H2,1H3,(H,26,27)/t17-,21+/m0/s1. The monoisotopic (exact) mass is 392 g/mol. The van der Waals surface area contributed by atoms with Crippen LogP contribution >= 0.6 is 0 Å². The van der Waals surface area contributed by atoms with Crippen molar-refractivity contribution in [1.29, 1.82) is 0 Å². The van der Waals surface area contributed by atoms with Gasteiger partial charge in [-0.1, -0.05) is 24.3 Å². The van der Waals surface area contributed by atoms with E-state index in [1.165, 1.54) is 0 Å². The van der Waals surface area contributed by atoms with Crippen molar-refractivity contribution in [2.24, 2.45) is 5.92 Å². The largest absolute Gasteiger partial charge is 0.479 e. The summed E-state index contributed by atoms with van der Waals surface area (Å²) in [4.78, 5) is 16.3. The molecular formula is C21H26F2N2O3. The second kappa shape index (κ2) is 7.99. The average Bonchev–Trinajstić information content (AvgIpc) is 3.05. The molecule has 1 fully saturated rings. The topological polar surface area (TPSA) is 75.3 Å². The molecule has 0 bridgehead atoms. The quantitative estimate of drug-likeness (QED) is 0.749. The lowest BCUT2D eigenvalue weighted by atomic mass is 9.71. The highest BCUT2D eigenvalue weighted by Crippen LogP contribution is 2.46. The third-order valence-corrected chi connectivity index (χ3v) is 5.75. The number of aliphatic hydroxyl groups is 1. The second-order valence-corrected chi connectivity index (χ2v) is 7.65. The zero-order chi connectivity index (χ0) is 20.4. The maximum Gasteiger partial charge on any atom is 0.340 e. The lowest BCUT2D eigenvalue weighted by molar-refractivity contribution is -0.176. The summed E-state index contributed by atoms with van der Waals surface area (Å²) in [6.07, 6.45) is 4.44. The Bertz CT molecular complexity index is 837. The Labute approximate surface area is 163 Å². The Kier molecular flexibility index (Phi) is 5.84. The fraction of sp³-hybridized carbons (Fsp3) is 0.524. The van der Waals surface area contributed by atoms with Crippen molar-refractivity contribution in [3.05, 3.63) is 53.6 Å². The number of halogens is 2. The van der Waals surface area contributed by atoms with Crippen LogP contribution in [0.2, 0.25) is 0 Å². The van der Waals surface area contributed by atoms with Gasteiger partial charge in [0.1, 0.15) is 5.82 Å². The summed E-state index contributed by atoms with van der Waals surface area (Å²) < 4.78 is 29.9. The van der Waals surface area contributed by atoms with Crippen molar-refractivity contribution in [1.82, 2.24) is 9.55 Å². The molecule has 0 radical (unpaired) electrons. The van der Waals surface area contributed by atoms with Gasteiger partial charge in [0.25, 0.3) is 0 Å². The highest BCUT2D eigenvalue weighted by atomic mass is 19.3. The second-order valence-electron chi connectivity index (χ2n) is 7.65. The molecule has 0 saturated heterocycles. The molecule has 5 nitrogen and oxygen atoms in total. The third kappa shape index (κ3) is 4.09. The number of aryl methyl sites for hydroxylation is 3. The molecule has 0 unspecified atom stereocenters. The molecule has 7 heteroatoms. The maximum absolute atomic E-state index is 13.9. The minimum Gasteiger partial charge on any atom is -0.479 e. The molecule has 1 saturated carbocycles. The first-order valence-electron chi connectivity index (χ1n) is 9.64. The first-order valence-corrected chi connectivity index (χ1v) is 9.64. The highest BCUT2D eigenvalue weighted by Gasteiger charge is 2.52. The van der Waals surface area contributed by atoms with Crippen LogP contribution in [-0.4, -0.2) is 31.7 Å². The first kappa shape index (κ1) is 20.5. The van der Waals surface area contributed by atoms with Gasteiger partial charge in [0.2, 0.25) is 5.92 Å². The normalized spacial score (nSPS) is 21.2. The number of aromatic nitrogens is 2. The van der Waals surface area contributed by atoms with Gasteiger partial charge in [-0.25, -0.2) is 18.6 Å². The van der Waals surface area contributed by atoms with E-state index in [1.54, 1.807) is 30.5 Å². The maximum atomic E-state index is 13.9. The Morgan fingerprint density at radius 1 is 1.39 bits per heavy atom. The van der Waals surface area contributed by atoms with Crippen molar-refractivity contribution in [3.63, 3.8) is 0 Å². The summed E-state index contributed by atoms with van der Waals surface area (Å²) in [5.74, 6) is -4.54. The number of rotatable bonds is 7. The molecule has 1 aliphatic carbocycles. The SMILES string of the molecule is Cc1nccn1CCCc1ccccc1[C@@](O)(C(=O)O)[C@H]1CCCC(F)(F)C1. The number of hydrogen-bond donors (Lipinski definition) is 2. The van der Waals surface area contributed by atoms with Crippen LogP contribution in [0.3, 0.4) is 0 Å². The lowest BCUT2D eigenvalue weighted by Gasteiger charge is -2.39. The van der Waals surface area contributed by atoms with Crippen molar-refractivity contribution < 1.29 is 23.8 Å². The number of benzene rings is 1. The smallest absolute Gasteiger partial charge is 0.340 e. The van der Waals surface area contributed by atoms with E-state index in [-0.39, 0.29) is 24.8 Å². The molecule has 0 spiro atoms. The summed E-state index contributed by atoms with van der Waals surface area (Å²) in [6.45, 7) is 2.60. The van der Waals surface area contributed by atoms with Gasteiger partial charge in [-0.3, -0.25) is 0 Å². The number of alkyl halides is 2. The number of nitrogens with zero attached hydrogens (tertiary/aromatic N) is 2. The molecule has 1 heterocycles. The number of carboxylic acid groups (broad SMARTS) is 1. The minimum atomic E-state index is -2.94. The van der Waals surface area contributed by atoms with E-state index in [9.17, 15) is 23.8 Å². The molecular weight excluding hydrogens is 366 g/mol. The van der Waals surface area contributed by atoms with Crippen LogP contribution in [0, 0.1) is 12.8 Å². The molecule has 152 valence electrons. The van der Waals surface area contributed by atoms with E-state index in [1.807, 2.05) is 17.7 Å².